The van der Waals surface area contributed by atoms with Gasteiger partial charge in [-0.2, -0.15) is 24.3 Å². The summed E-state index contributed by atoms with van der Waals surface area (Å²) in [4.78, 5) is 0. The van der Waals surface area contributed by atoms with Crippen LogP contribution in [0.3, 0.4) is 0 Å². The van der Waals surface area contributed by atoms with Crippen LogP contribution in [-0.2, 0) is 18.6 Å². The fourth-order valence-corrected chi connectivity index (χ4v) is 1.08. The Kier molecular flexibility index (Phi) is 21.9. The van der Waals surface area contributed by atoms with Gasteiger partial charge in [-0.3, -0.25) is 6.08 Å². The molecular formula is C13H16Cl3V-5. The van der Waals surface area contributed by atoms with Crippen molar-refractivity contribution in [3.8, 4) is 0 Å². The van der Waals surface area contributed by atoms with Crippen LogP contribution in [0.25, 0.3) is 0 Å². The third-order valence-electron chi connectivity index (χ3n) is 1.87. The number of rotatable bonds is 0. The molecule has 2 rings (SSSR count). The second kappa shape index (κ2) is 14.3. The summed E-state index contributed by atoms with van der Waals surface area (Å²) in [5.41, 5.74) is 0.356. The molecule has 1 aliphatic rings. The van der Waals surface area contributed by atoms with Gasteiger partial charge in [0.2, 0.25) is 0 Å². The third kappa shape index (κ3) is 14.2. The zero-order valence-corrected chi connectivity index (χ0v) is 13.6. The zero-order chi connectivity index (χ0) is 9.57. The number of halogens is 3. The Morgan fingerprint density at radius 3 is 1.76 bits per heavy atom. The van der Waals surface area contributed by atoms with Gasteiger partial charge in [0.25, 0.3) is 0 Å². The van der Waals surface area contributed by atoms with Crippen LogP contribution in [0.1, 0.15) is 20.3 Å². The fourth-order valence-electron chi connectivity index (χ4n) is 1.08. The van der Waals surface area contributed by atoms with E-state index in [0.29, 0.717) is 5.41 Å². The van der Waals surface area contributed by atoms with E-state index in [2.05, 4.69) is 32.1 Å². The maximum absolute atomic E-state index is 3.16. The summed E-state index contributed by atoms with van der Waals surface area (Å²) in [6, 6.07) is 10.0. The van der Waals surface area contributed by atoms with Crippen molar-refractivity contribution in [2.24, 2.45) is 5.41 Å². The smallest absolute Gasteiger partial charge is 0 e. The zero-order valence-electron chi connectivity index (χ0n) is 9.91. The Morgan fingerprint density at radius 1 is 1.06 bits per heavy atom. The van der Waals surface area contributed by atoms with Gasteiger partial charge in [0.1, 0.15) is 0 Å². The van der Waals surface area contributed by atoms with Crippen LogP contribution in [0.4, 0.5) is 0 Å². The summed E-state index contributed by atoms with van der Waals surface area (Å²) in [6.45, 7) is 4.42. The molecule has 0 unspecified atom stereocenters. The second-order valence-electron chi connectivity index (χ2n) is 3.86. The topological polar surface area (TPSA) is 0 Å². The molecular weight excluding hydrogens is 313 g/mol. The Morgan fingerprint density at radius 2 is 1.59 bits per heavy atom. The van der Waals surface area contributed by atoms with Crippen molar-refractivity contribution in [2.75, 3.05) is 0 Å². The first-order valence-electron chi connectivity index (χ1n) is 4.62. The van der Waals surface area contributed by atoms with Gasteiger partial charge in [-0.15, -0.1) is 6.42 Å². The Balaban J connectivity index is -0.0000000849. The van der Waals surface area contributed by atoms with Crippen molar-refractivity contribution in [3.05, 3.63) is 54.6 Å². The van der Waals surface area contributed by atoms with Crippen molar-refractivity contribution >= 4 is 0 Å². The third-order valence-corrected chi connectivity index (χ3v) is 1.87. The van der Waals surface area contributed by atoms with E-state index >= 15 is 0 Å². The molecule has 17 heavy (non-hydrogen) atoms. The largest absolute Gasteiger partial charge is 1.00 e. The molecule has 0 amide bonds. The quantitative estimate of drug-likeness (QED) is 0.417. The van der Waals surface area contributed by atoms with E-state index < -0.39 is 0 Å². The van der Waals surface area contributed by atoms with Gasteiger partial charge in [-0.05, 0) is 5.41 Å². The van der Waals surface area contributed by atoms with Crippen molar-refractivity contribution < 1.29 is 55.8 Å². The van der Waals surface area contributed by atoms with E-state index in [1.165, 1.54) is 0 Å². The van der Waals surface area contributed by atoms with Crippen molar-refractivity contribution in [1.29, 1.82) is 0 Å². The minimum absolute atomic E-state index is 0. The van der Waals surface area contributed by atoms with Crippen LogP contribution in [-0.4, -0.2) is 0 Å². The first-order valence-corrected chi connectivity index (χ1v) is 4.62. The van der Waals surface area contributed by atoms with Crippen LogP contribution in [0.5, 0.6) is 0 Å². The molecule has 0 heterocycles. The second-order valence-corrected chi connectivity index (χ2v) is 3.86. The van der Waals surface area contributed by atoms with Crippen LogP contribution in [0.15, 0.2) is 48.6 Å². The van der Waals surface area contributed by atoms with E-state index in [1.807, 2.05) is 36.4 Å². The van der Waals surface area contributed by atoms with Gasteiger partial charge in [0.05, 0.1) is 0 Å². The predicted molar refractivity (Wildman–Crippen MR) is 57.4 cm³/mol. The number of hydrogen-bond acceptors (Lipinski definition) is 0. The molecule has 0 saturated heterocycles. The molecule has 1 radical (unpaired) electrons. The summed E-state index contributed by atoms with van der Waals surface area (Å²) in [5, 5.41) is 0. The van der Waals surface area contributed by atoms with E-state index in [0.717, 1.165) is 6.42 Å². The molecule has 0 nitrogen and oxygen atoms in total. The first-order chi connectivity index (χ1) is 6.21. The summed E-state index contributed by atoms with van der Waals surface area (Å²) in [5.74, 6) is 0. The summed E-state index contributed by atoms with van der Waals surface area (Å²) in [7, 11) is 0. The molecule has 0 atom stereocenters. The van der Waals surface area contributed by atoms with Gasteiger partial charge >= 0.3 is 0 Å². The molecule has 4 heteroatoms. The molecule has 1 aliphatic carbocycles. The van der Waals surface area contributed by atoms with E-state index in [1.54, 1.807) is 0 Å². The van der Waals surface area contributed by atoms with E-state index in [-0.39, 0.29) is 55.8 Å². The summed E-state index contributed by atoms with van der Waals surface area (Å²) < 4.78 is 0. The van der Waals surface area contributed by atoms with Crippen molar-refractivity contribution in [1.82, 2.24) is 0 Å². The van der Waals surface area contributed by atoms with Gasteiger partial charge in [-0.1, -0.05) is 13.8 Å². The molecule has 0 N–H and O–H groups in total. The fraction of sp³-hybridized carbons (Fsp3) is 0.308. The monoisotopic (exact) mass is 328 g/mol. The molecule has 0 aliphatic heterocycles. The first kappa shape index (κ1) is 26.0. The van der Waals surface area contributed by atoms with E-state index in [4.69, 9.17) is 0 Å². The molecule has 0 aromatic heterocycles. The standard InChI is InChI=1S/C8H11.C5H5.3ClH.V/c1-8(2)6-4-3-5-7-8;1-2-4-5-3-1;;;;/h3-4,6H,7H2,1-2H3;1-5H;3*1H;/q2*-1;;;;/p-3. The van der Waals surface area contributed by atoms with Gasteiger partial charge in [0.15, 0.2) is 0 Å². The van der Waals surface area contributed by atoms with Crippen LogP contribution in [0.2, 0.25) is 0 Å². The van der Waals surface area contributed by atoms with Crippen LogP contribution < -0.4 is 37.2 Å². The Bertz CT molecular complexity index is 260. The maximum Gasteiger partial charge on any atom is 0 e. The molecule has 1 aromatic carbocycles. The van der Waals surface area contributed by atoms with Gasteiger partial charge < -0.3 is 37.2 Å². The van der Waals surface area contributed by atoms with Crippen LogP contribution in [0, 0.1) is 11.5 Å². The number of allylic oxidation sites excluding steroid dienone is 4. The normalized spacial score (nSPS) is 13.5. The van der Waals surface area contributed by atoms with Gasteiger partial charge in [0, 0.05) is 18.6 Å². The Hall–Kier alpha value is 0.284. The molecule has 0 spiro atoms. The van der Waals surface area contributed by atoms with Gasteiger partial charge in [-0.25, -0.2) is 24.3 Å². The average Bonchev–Trinajstić information content (AvgIpc) is 2.60. The molecule has 1 aromatic rings. The van der Waals surface area contributed by atoms with E-state index in [9.17, 15) is 0 Å². The molecule has 0 saturated carbocycles. The van der Waals surface area contributed by atoms with Crippen molar-refractivity contribution in [3.63, 3.8) is 0 Å². The maximum atomic E-state index is 3.16. The summed E-state index contributed by atoms with van der Waals surface area (Å²) in [6.07, 6.45) is 10.5. The molecule has 99 valence electrons. The summed E-state index contributed by atoms with van der Waals surface area (Å²) >= 11 is 0. The van der Waals surface area contributed by atoms with Crippen LogP contribution >= 0.6 is 0 Å². The molecule has 0 fully saturated rings. The minimum atomic E-state index is 0. The Labute approximate surface area is 135 Å². The predicted octanol–water partition coefficient (Wildman–Crippen LogP) is -5.25. The minimum Gasteiger partial charge on any atom is -1.00 e. The SMILES string of the molecule is CC1(C)C=CC=[C-]C1.[Cl-].[Cl-].[Cl-].[V].c1cc[cH-]c1. The average molecular weight is 330 g/mol. The molecule has 0 bridgehead atoms. The van der Waals surface area contributed by atoms with Crippen molar-refractivity contribution in [2.45, 2.75) is 20.3 Å². The number of hydrogen-bond donors (Lipinski definition) is 0.